The van der Waals surface area contributed by atoms with Crippen molar-refractivity contribution >= 4 is 11.6 Å². The number of anilines is 1. The Morgan fingerprint density at radius 2 is 1.77 bits per heavy atom. The maximum atomic E-state index is 13.0. The van der Waals surface area contributed by atoms with Crippen LogP contribution in [0.5, 0.6) is 0 Å². The number of carbonyl (C=O) groups is 1. The van der Waals surface area contributed by atoms with E-state index in [4.69, 9.17) is 0 Å². The maximum Gasteiger partial charge on any atom is 0.272 e. The van der Waals surface area contributed by atoms with E-state index in [9.17, 15) is 4.79 Å². The molecule has 3 rings (SSSR count). The smallest absolute Gasteiger partial charge is 0.272 e. The SMILES string of the molecule is CCn1nc(CC(C)C)cc1C(=O)N1CCN(c2ccc(C)cc2)CC1. The molecule has 1 fully saturated rings. The van der Waals surface area contributed by atoms with E-state index < -0.39 is 0 Å². The van der Waals surface area contributed by atoms with Gasteiger partial charge in [0.2, 0.25) is 0 Å². The Morgan fingerprint density at radius 3 is 2.35 bits per heavy atom. The number of hydrogen-bond donors (Lipinski definition) is 0. The van der Waals surface area contributed by atoms with Gasteiger partial charge in [-0.2, -0.15) is 5.10 Å². The molecule has 26 heavy (non-hydrogen) atoms. The highest BCUT2D eigenvalue weighted by Gasteiger charge is 2.25. The topological polar surface area (TPSA) is 41.4 Å². The summed E-state index contributed by atoms with van der Waals surface area (Å²) in [5.41, 5.74) is 4.25. The first-order chi connectivity index (χ1) is 12.5. The van der Waals surface area contributed by atoms with Crippen molar-refractivity contribution in [3.63, 3.8) is 0 Å². The molecule has 0 spiro atoms. The largest absolute Gasteiger partial charge is 0.368 e. The minimum Gasteiger partial charge on any atom is -0.368 e. The third-order valence-electron chi connectivity index (χ3n) is 4.93. The Morgan fingerprint density at radius 1 is 1.12 bits per heavy atom. The maximum absolute atomic E-state index is 13.0. The summed E-state index contributed by atoms with van der Waals surface area (Å²) in [6.45, 7) is 12.5. The molecule has 0 unspecified atom stereocenters. The quantitative estimate of drug-likeness (QED) is 0.827. The Labute approximate surface area is 156 Å². The monoisotopic (exact) mass is 354 g/mol. The standard InChI is InChI=1S/C21H30N4O/c1-5-25-20(15-18(22-25)14-16(2)3)21(26)24-12-10-23(11-13-24)19-8-6-17(4)7-9-19/h6-9,15-16H,5,10-14H2,1-4H3. The minimum atomic E-state index is 0.109. The van der Waals surface area contributed by atoms with Crippen LogP contribution in [0, 0.1) is 12.8 Å². The van der Waals surface area contributed by atoms with Gasteiger partial charge in [0.15, 0.2) is 0 Å². The number of aryl methyl sites for hydroxylation is 2. The van der Waals surface area contributed by atoms with Gasteiger partial charge in [0.05, 0.1) is 5.69 Å². The molecule has 0 radical (unpaired) electrons. The lowest BCUT2D eigenvalue weighted by Gasteiger charge is -2.36. The van der Waals surface area contributed by atoms with E-state index in [2.05, 4.69) is 55.0 Å². The normalized spacial score (nSPS) is 15.0. The fourth-order valence-corrected chi connectivity index (χ4v) is 3.49. The fourth-order valence-electron chi connectivity index (χ4n) is 3.49. The van der Waals surface area contributed by atoms with Gasteiger partial charge in [-0.15, -0.1) is 0 Å². The molecule has 1 saturated heterocycles. The van der Waals surface area contributed by atoms with Crippen molar-refractivity contribution in [2.24, 2.45) is 5.92 Å². The number of piperazine rings is 1. The van der Waals surface area contributed by atoms with Crippen molar-refractivity contribution in [1.29, 1.82) is 0 Å². The summed E-state index contributed by atoms with van der Waals surface area (Å²) >= 11 is 0. The van der Waals surface area contributed by atoms with E-state index in [0.717, 1.165) is 50.5 Å². The molecule has 5 heteroatoms. The molecule has 0 atom stereocenters. The molecule has 1 aliphatic rings. The van der Waals surface area contributed by atoms with Gasteiger partial charge in [-0.05, 0) is 44.4 Å². The highest BCUT2D eigenvalue weighted by molar-refractivity contribution is 5.93. The summed E-state index contributed by atoms with van der Waals surface area (Å²) in [4.78, 5) is 17.3. The van der Waals surface area contributed by atoms with Crippen LogP contribution in [0.3, 0.4) is 0 Å². The average Bonchev–Trinajstić information content (AvgIpc) is 3.04. The minimum absolute atomic E-state index is 0.109. The second-order valence-corrected chi connectivity index (χ2v) is 7.55. The zero-order valence-corrected chi connectivity index (χ0v) is 16.4. The fraction of sp³-hybridized carbons (Fsp3) is 0.524. The molecule has 1 amide bonds. The Kier molecular flexibility index (Phi) is 5.64. The summed E-state index contributed by atoms with van der Waals surface area (Å²) in [7, 11) is 0. The van der Waals surface area contributed by atoms with Crippen molar-refractivity contribution in [3.8, 4) is 0 Å². The lowest BCUT2D eigenvalue weighted by Crippen LogP contribution is -2.49. The number of amides is 1. The van der Waals surface area contributed by atoms with Crippen LogP contribution in [0.2, 0.25) is 0 Å². The third kappa shape index (κ3) is 4.09. The van der Waals surface area contributed by atoms with Crippen LogP contribution in [0.4, 0.5) is 5.69 Å². The third-order valence-corrected chi connectivity index (χ3v) is 4.93. The van der Waals surface area contributed by atoms with Gasteiger partial charge in [0.1, 0.15) is 5.69 Å². The summed E-state index contributed by atoms with van der Waals surface area (Å²) < 4.78 is 1.85. The summed E-state index contributed by atoms with van der Waals surface area (Å²) in [5, 5.41) is 4.61. The Bertz CT molecular complexity index is 740. The van der Waals surface area contributed by atoms with Gasteiger partial charge in [-0.25, -0.2) is 0 Å². The first kappa shape index (κ1) is 18.5. The lowest BCUT2D eigenvalue weighted by molar-refractivity contribution is 0.0734. The van der Waals surface area contributed by atoms with Gasteiger partial charge in [0, 0.05) is 38.4 Å². The van der Waals surface area contributed by atoms with E-state index in [1.54, 1.807) is 0 Å². The van der Waals surface area contributed by atoms with Gasteiger partial charge in [-0.3, -0.25) is 9.48 Å². The highest BCUT2D eigenvalue weighted by Crippen LogP contribution is 2.19. The van der Waals surface area contributed by atoms with Crippen LogP contribution in [0.1, 0.15) is 42.5 Å². The number of benzene rings is 1. The zero-order chi connectivity index (χ0) is 18.7. The van der Waals surface area contributed by atoms with Gasteiger partial charge >= 0.3 is 0 Å². The second-order valence-electron chi connectivity index (χ2n) is 7.55. The molecule has 0 aliphatic carbocycles. The summed E-state index contributed by atoms with van der Waals surface area (Å²) in [6.07, 6.45) is 0.911. The van der Waals surface area contributed by atoms with Crippen molar-refractivity contribution in [2.45, 2.75) is 40.7 Å². The van der Waals surface area contributed by atoms with E-state index in [-0.39, 0.29) is 5.91 Å². The molecule has 0 N–H and O–H groups in total. The van der Waals surface area contributed by atoms with Crippen LogP contribution in [-0.4, -0.2) is 46.8 Å². The van der Waals surface area contributed by atoms with Crippen LogP contribution in [0.25, 0.3) is 0 Å². The number of carbonyl (C=O) groups excluding carboxylic acids is 1. The zero-order valence-electron chi connectivity index (χ0n) is 16.4. The Balaban J connectivity index is 1.66. The summed E-state index contributed by atoms with van der Waals surface area (Å²) in [5.74, 6) is 0.647. The second kappa shape index (κ2) is 7.94. The first-order valence-corrected chi connectivity index (χ1v) is 9.65. The van der Waals surface area contributed by atoms with Crippen LogP contribution in [-0.2, 0) is 13.0 Å². The van der Waals surface area contributed by atoms with Crippen LogP contribution >= 0.6 is 0 Å². The van der Waals surface area contributed by atoms with E-state index in [0.29, 0.717) is 5.92 Å². The van der Waals surface area contributed by atoms with Crippen molar-refractivity contribution in [1.82, 2.24) is 14.7 Å². The van der Waals surface area contributed by atoms with Crippen molar-refractivity contribution < 1.29 is 4.79 Å². The van der Waals surface area contributed by atoms with E-state index >= 15 is 0 Å². The molecule has 2 heterocycles. The molecular weight excluding hydrogens is 324 g/mol. The average molecular weight is 354 g/mol. The molecule has 1 aromatic heterocycles. The molecular formula is C21H30N4O. The lowest BCUT2D eigenvalue weighted by atomic mass is 10.1. The number of hydrogen-bond acceptors (Lipinski definition) is 3. The molecule has 2 aromatic rings. The van der Waals surface area contributed by atoms with Crippen molar-refractivity contribution in [2.75, 3.05) is 31.1 Å². The molecule has 0 saturated carbocycles. The molecule has 0 bridgehead atoms. The van der Waals surface area contributed by atoms with Crippen LogP contribution < -0.4 is 4.90 Å². The van der Waals surface area contributed by atoms with Gasteiger partial charge in [-0.1, -0.05) is 31.5 Å². The molecule has 1 aliphatic heterocycles. The number of nitrogens with zero attached hydrogens (tertiary/aromatic N) is 4. The van der Waals surface area contributed by atoms with E-state index in [1.807, 2.05) is 22.6 Å². The van der Waals surface area contributed by atoms with Gasteiger partial charge < -0.3 is 9.80 Å². The summed E-state index contributed by atoms with van der Waals surface area (Å²) in [6, 6.07) is 10.6. The molecule has 5 nitrogen and oxygen atoms in total. The molecule has 140 valence electrons. The Hall–Kier alpha value is -2.30. The number of aromatic nitrogens is 2. The first-order valence-electron chi connectivity index (χ1n) is 9.65. The predicted molar refractivity (Wildman–Crippen MR) is 106 cm³/mol. The number of rotatable bonds is 5. The van der Waals surface area contributed by atoms with Crippen LogP contribution in [0.15, 0.2) is 30.3 Å². The highest BCUT2D eigenvalue weighted by atomic mass is 16.2. The molecule has 1 aromatic carbocycles. The van der Waals surface area contributed by atoms with Gasteiger partial charge in [0.25, 0.3) is 5.91 Å². The van der Waals surface area contributed by atoms with Crippen molar-refractivity contribution in [3.05, 3.63) is 47.3 Å². The predicted octanol–water partition coefficient (Wildman–Crippen LogP) is 3.37. The van der Waals surface area contributed by atoms with E-state index in [1.165, 1.54) is 11.3 Å².